The lowest BCUT2D eigenvalue weighted by atomic mass is 10.2. The highest BCUT2D eigenvalue weighted by Gasteiger charge is 2.19. The first-order chi connectivity index (χ1) is 15.4. The highest BCUT2D eigenvalue weighted by atomic mass is 35.5. The predicted molar refractivity (Wildman–Crippen MR) is 130 cm³/mol. The highest BCUT2D eigenvalue weighted by Crippen LogP contribution is 2.32. The van der Waals surface area contributed by atoms with Crippen molar-refractivity contribution in [3.63, 3.8) is 0 Å². The molecule has 0 bridgehead atoms. The maximum Gasteiger partial charge on any atom is 0.224 e. The fraction of sp³-hybridized carbons (Fsp3) is 0.304. The number of hydrogen-bond acceptors (Lipinski definition) is 5. The number of amides is 1. The Morgan fingerprint density at radius 1 is 1.06 bits per heavy atom. The number of hydrogen-bond donors (Lipinski definition) is 1. The third-order valence-corrected chi connectivity index (χ3v) is 6.18. The minimum Gasteiger partial charge on any atom is -0.441 e. The molecule has 0 saturated carbocycles. The van der Waals surface area contributed by atoms with Gasteiger partial charge in [-0.25, -0.2) is 4.98 Å². The molecule has 1 saturated heterocycles. The zero-order chi connectivity index (χ0) is 22.7. The smallest absolute Gasteiger partial charge is 0.224 e. The molecular formula is C23H23Cl3N4O2. The zero-order valence-electron chi connectivity index (χ0n) is 17.6. The molecule has 0 aliphatic carbocycles. The second-order valence-electron chi connectivity index (χ2n) is 7.74. The number of piperazine rings is 1. The van der Waals surface area contributed by atoms with E-state index in [0.29, 0.717) is 44.4 Å². The highest BCUT2D eigenvalue weighted by molar-refractivity contribution is 6.36. The number of carbonyl (C=O) groups excluding carboxylic acids is 1. The van der Waals surface area contributed by atoms with Crippen molar-refractivity contribution >= 4 is 52.1 Å². The normalized spacial score (nSPS) is 14.6. The average Bonchev–Trinajstić information content (AvgIpc) is 3.22. The molecule has 1 amide bonds. The number of nitrogens with zero attached hydrogens (tertiary/aromatic N) is 3. The molecule has 168 valence electrons. The van der Waals surface area contributed by atoms with Crippen LogP contribution in [0.2, 0.25) is 15.1 Å². The minimum absolute atomic E-state index is 0.132. The summed E-state index contributed by atoms with van der Waals surface area (Å²) >= 11 is 18.4. The molecule has 1 aliphatic heterocycles. The predicted octanol–water partition coefficient (Wildman–Crippen LogP) is 5.62. The lowest BCUT2D eigenvalue weighted by Crippen LogP contribution is -2.44. The molecule has 0 spiro atoms. The molecular weight excluding hydrogens is 471 g/mol. The van der Waals surface area contributed by atoms with E-state index in [9.17, 15) is 4.79 Å². The van der Waals surface area contributed by atoms with Crippen LogP contribution in [0.3, 0.4) is 0 Å². The molecule has 0 atom stereocenters. The molecule has 0 radical (unpaired) electrons. The van der Waals surface area contributed by atoms with Gasteiger partial charge in [-0.05, 0) is 43.4 Å². The van der Waals surface area contributed by atoms with Crippen molar-refractivity contribution < 1.29 is 9.21 Å². The van der Waals surface area contributed by atoms with Crippen molar-refractivity contribution in [2.45, 2.75) is 12.8 Å². The van der Waals surface area contributed by atoms with E-state index >= 15 is 0 Å². The fourth-order valence-electron chi connectivity index (χ4n) is 3.60. The first-order valence-corrected chi connectivity index (χ1v) is 11.5. The van der Waals surface area contributed by atoms with Gasteiger partial charge >= 0.3 is 0 Å². The lowest BCUT2D eigenvalue weighted by molar-refractivity contribution is -0.116. The monoisotopic (exact) mass is 492 g/mol. The van der Waals surface area contributed by atoms with E-state index in [4.69, 9.17) is 39.2 Å². The molecule has 1 fully saturated rings. The summed E-state index contributed by atoms with van der Waals surface area (Å²) in [5, 5.41) is 4.61. The van der Waals surface area contributed by atoms with Gasteiger partial charge in [0, 0.05) is 54.6 Å². The van der Waals surface area contributed by atoms with E-state index in [1.54, 1.807) is 30.5 Å². The van der Waals surface area contributed by atoms with E-state index < -0.39 is 0 Å². The summed E-state index contributed by atoms with van der Waals surface area (Å²) in [4.78, 5) is 21.5. The van der Waals surface area contributed by atoms with Crippen LogP contribution in [0.5, 0.6) is 0 Å². The first kappa shape index (κ1) is 22.9. The third-order valence-electron chi connectivity index (χ3n) is 5.39. The van der Waals surface area contributed by atoms with Crippen LogP contribution in [0.15, 0.2) is 47.0 Å². The SMILES string of the molecule is CN1CCN(c2ccc(Cl)cc2NC(=O)CCc2ncc(-c3ccc(Cl)cc3Cl)o2)CC1. The van der Waals surface area contributed by atoms with Crippen molar-refractivity contribution in [2.75, 3.05) is 43.4 Å². The lowest BCUT2D eigenvalue weighted by Gasteiger charge is -2.35. The Bertz CT molecular complexity index is 1110. The topological polar surface area (TPSA) is 61.6 Å². The number of likely N-dealkylation sites (N-methyl/N-ethyl adjacent to an activating group) is 1. The number of halogens is 3. The van der Waals surface area contributed by atoms with Gasteiger partial charge in [0.25, 0.3) is 0 Å². The van der Waals surface area contributed by atoms with Gasteiger partial charge in [-0.2, -0.15) is 0 Å². The van der Waals surface area contributed by atoms with Gasteiger partial charge in [0.15, 0.2) is 11.7 Å². The van der Waals surface area contributed by atoms with Crippen molar-refractivity contribution in [1.82, 2.24) is 9.88 Å². The first-order valence-electron chi connectivity index (χ1n) is 10.3. The zero-order valence-corrected chi connectivity index (χ0v) is 19.8. The van der Waals surface area contributed by atoms with Gasteiger partial charge in [0.05, 0.1) is 22.6 Å². The molecule has 3 aromatic rings. The number of benzene rings is 2. The van der Waals surface area contributed by atoms with E-state index in [2.05, 4.69) is 27.1 Å². The second-order valence-corrected chi connectivity index (χ2v) is 9.02. The molecule has 2 heterocycles. The largest absolute Gasteiger partial charge is 0.441 e. The van der Waals surface area contributed by atoms with Gasteiger partial charge in [-0.1, -0.05) is 34.8 Å². The van der Waals surface area contributed by atoms with E-state index in [1.165, 1.54) is 0 Å². The van der Waals surface area contributed by atoms with E-state index in [0.717, 1.165) is 31.9 Å². The number of aromatic nitrogens is 1. The summed E-state index contributed by atoms with van der Waals surface area (Å²) in [6.45, 7) is 3.74. The van der Waals surface area contributed by atoms with Crippen molar-refractivity contribution in [3.8, 4) is 11.3 Å². The Morgan fingerprint density at radius 2 is 1.78 bits per heavy atom. The van der Waals surface area contributed by atoms with Gasteiger partial charge in [0.1, 0.15) is 0 Å². The van der Waals surface area contributed by atoms with Crippen LogP contribution in [0, 0.1) is 0 Å². The molecule has 9 heteroatoms. The van der Waals surface area contributed by atoms with Crippen molar-refractivity contribution in [1.29, 1.82) is 0 Å². The van der Waals surface area contributed by atoms with Crippen LogP contribution in [0.25, 0.3) is 11.3 Å². The number of oxazole rings is 1. The summed E-state index contributed by atoms with van der Waals surface area (Å²) in [6.07, 6.45) is 2.19. The second kappa shape index (κ2) is 10.1. The molecule has 1 aliphatic rings. The van der Waals surface area contributed by atoms with Crippen LogP contribution in [-0.2, 0) is 11.2 Å². The average molecular weight is 494 g/mol. The Morgan fingerprint density at radius 3 is 2.53 bits per heavy atom. The summed E-state index contributed by atoms with van der Waals surface area (Å²) in [6, 6.07) is 10.8. The molecule has 4 rings (SSSR count). The Labute approximate surface area is 202 Å². The number of anilines is 2. The summed E-state index contributed by atoms with van der Waals surface area (Å²) in [7, 11) is 2.11. The Kier molecular flexibility index (Phi) is 7.26. The van der Waals surface area contributed by atoms with Gasteiger partial charge in [-0.15, -0.1) is 0 Å². The molecule has 1 aromatic heterocycles. The maximum atomic E-state index is 12.7. The number of aryl methyl sites for hydroxylation is 1. The Balaban J connectivity index is 1.40. The number of rotatable bonds is 6. The van der Waals surface area contributed by atoms with Gasteiger partial charge in [-0.3, -0.25) is 4.79 Å². The van der Waals surface area contributed by atoms with Crippen LogP contribution in [-0.4, -0.2) is 49.0 Å². The van der Waals surface area contributed by atoms with Crippen molar-refractivity contribution in [3.05, 3.63) is 63.6 Å². The third kappa shape index (κ3) is 5.56. The Hall–Kier alpha value is -2.25. The van der Waals surface area contributed by atoms with E-state index in [-0.39, 0.29) is 12.3 Å². The summed E-state index contributed by atoms with van der Waals surface area (Å²) in [5.74, 6) is 0.868. The molecule has 1 N–H and O–H groups in total. The maximum absolute atomic E-state index is 12.7. The van der Waals surface area contributed by atoms with Crippen LogP contribution in [0.4, 0.5) is 11.4 Å². The van der Waals surface area contributed by atoms with Crippen molar-refractivity contribution in [2.24, 2.45) is 0 Å². The van der Waals surface area contributed by atoms with E-state index in [1.807, 2.05) is 12.1 Å². The van der Waals surface area contributed by atoms with Crippen LogP contribution >= 0.6 is 34.8 Å². The van der Waals surface area contributed by atoms with Crippen LogP contribution in [0.1, 0.15) is 12.3 Å². The molecule has 32 heavy (non-hydrogen) atoms. The molecule has 2 aromatic carbocycles. The summed E-state index contributed by atoms with van der Waals surface area (Å²) in [5.41, 5.74) is 2.40. The fourth-order valence-corrected chi connectivity index (χ4v) is 4.28. The number of nitrogens with one attached hydrogen (secondary N) is 1. The quantitative estimate of drug-likeness (QED) is 0.482. The molecule has 6 nitrogen and oxygen atoms in total. The standard InChI is InChI=1S/C23H23Cl3N4O2/c1-29-8-10-30(11-9-29)20-5-3-16(25)13-19(20)28-22(31)6-7-23-27-14-21(32-23)17-4-2-15(24)12-18(17)26/h2-5,12-14H,6-11H2,1H3,(H,28,31). The number of carbonyl (C=O) groups is 1. The molecule has 0 unspecified atom stereocenters. The van der Waals surface area contributed by atoms with Crippen LogP contribution < -0.4 is 10.2 Å². The van der Waals surface area contributed by atoms with Gasteiger partial charge < -0.3 is 19.5 Å². The summed E-state index contributed by atoms with van der Waals surface area (Å²) < 4.78 is 5.79. The minimum atomic E-state index is -0.132. The van der Waals surface area contributed by atoms with Gasteiger partial charge in [0.2, 0.25) is 5.91 Å².